The zero-order valence-electron chi connectivity index (χ0n) is 9.79. The lowest BCUT2D eigenvalue weighted by molar-refractivity contribution is 1.05. The summed E-state index contributed by atoms with van der Waals surface area (Å²) in [6, 6.07) is 7.00. The van der Waals surface area contributed by atoms with Gasteiger partial charge < -0.3 is 0 Å². The number of fused-ring (bicyclic) bond motifs is 2. The minimum atomic E-state index is -0.327. The average molecular weight is 238 g/mol. The fraction of sp³-hybridized carbons (Fsp3) is 0.154. The van der Waals surface area contributed by atoms with Crippen LogP contribution in [-0.4, -0.2) is 19.9 Å². The minimum absolute atomic E-state index is 0.327. The number of aryl methyl sites for hydroxylation is 1. The molecule has 3 aromatic rings. The van der Waals surface area contributed by atoms with Crippen LogP contribution in [0.25, 0.3) is 22.2 Å². The monoisotopic (exact) mass is 238 g/mol. The van der Waals surface area contributed by atoms with Gasteiger partial charge in [-0.3, -0.25) is 4.79 Å². The molecule has 0 spiro atoms. The van der Waals surface area contributed by atoms with Crippen LogP contribution in [0.5, 0.6) is 0 Å². The van der Waals surface area contributed by atoms with E-state index in [1.54, 1.807) is 24.4 Å². The molecule has 3 aromatic heterocycles. The van der Waals surface area contributed by atoms with E-state index in [4.69, 9.17) is 0 Å². The fourth-order valence-electron chi connectivity index (χ4n) is 1.77. The van der Waals surface area contributed by atoms with Gasteiger partial charge in [0, 0.05) is 11.9 Å². The second-order valence-electron chi connectivity index (χ2n) is 3.90. The third-order valence-corrected chi connectivity index (χ3v) is 2.73. The third-order valence-electron chi connectivity index (χ3n) is 2.73. The highest BCUT2D eigenvalue weighted by Crippen LogP contribution is 2.09. The summed E-state index contributed by atoms with van der Waals surface area (Å²) >= 11 is 0. The van der Waals surface area contributed by atoms with Gasteiger partial charge in [0.05, 0.1) is 5.39 Å². The summed E-state index contributed by atoms with van der Waals surface area (Å²) in [4.78, 5) is 28.7. The van der Waals surface area contributed by atoms with Gasteiger partial charge >= 0.3 is 0 Å². The zero-order valence-corrected chi connectivity index (χ0v) is 9.79. The highest BCUT2D eigenvalue weighted by molar-refractivity contribution is 5.79. The first-order valence-electron chi connectivity index (χ1n) is 5.70. The minimum Gasteiger partial charge on any atom is -0.267 e. The van der Waals surface area contributed by atoms with Gasteiger partial charge in [-0.05, 0) is 30.7 Å². The van der Waals surface area contributed by atoms with E-state index < -0.39 is 0 Å². The van der Waals surface area contributed by atoms with Gasteiger partial charge in [0.25, 0.3) is 5.56 Å². The van der Waals surface area contributed by atoms with E-state index in [1.807, 2.05) is 13.0 Å². The van der Waals surface area contributed by atoms with E-state index in [1.165, 1.54) is 0 Å². The smallest absolute Gasteiger partial charge is 0.267 e. The molecule has 3 rings (SSSR count). The molecule has 18 heavy (non-hydrogen) atoms. The van der Waals surface area contributed by atoms with Gasteiger partial charge in [0.1, 0.15) is 5.52 Å². The quantitative estimate of drug-likeness (QED) is 0.642. The molecule has 0 fully saturated rings. The normalized spacial score (nSPS) is 10.9. The van der Waals surface area contributed by atoms with Crippen LogP contribution in [0.4, 0.5) is 0 Å². The Morgan fingerprint density at radius 3 is 2.78 bits per heavy atom. The lowest BCUT2D eigenvalue weighted by Gasteiger charge is -1.94. The van der Waals surface area contributed by atoms with E-state index in [-0.39, 0.29) is 5.56 Å². The van der Waals surface area contributed by atoms with Crippen molar-refractivity contribution < 1.29 is 0 Å². The molecule has 0 N–H and O–H groups in total. The number of nitrogens with zero attached hydrogens (tertiary/aromatic N) is 4. The van der Waals surface area contributed by atoms with Crippen molar-refractivity contribution in [2.24, 2.45) is 0 Å². The first kappa shape index (κ1) is 10.7. The van der Waals surface area contributed by atoms with Crippen LogP contribution in [0.3, 0.4) is 0 Å². The van der Waals surface area contributed by atoms with Gasteiger partial charge in [-0.15, -0.1) is 0 Å². The summed E-state index contributed by atoms with van der Waals surface area (Å²) in [6.07, 6.45) is 2.41. The molecule has 0 unspecified atom stereocenters. The third kappa shape index (κ3) is 1.69. The van der Waals surface area contributed by atoms with Crippen molar-refractivity contribution in [3.8, 4) is 0 Å². The molecule has 0 aliphatic rings. The summed E-state index contributed by atoms with van der Waals surface area (Å²) in [7, 11) is 0. The van der Waals surface area contributed by atoms with Crippen LogP contribution in [0.2, 0.25) is 0 Å². The molecule has 0 saturated heterocycles. The van der Waals surface area contributed by atoms with Gasteiger partial charge in [-0.1, -0.05) is 6.92 Å². The molecular weight excluding hydrogens is 228 g/mol. The number of rotatable bonds is 1. The summed E-state index contributed by atoms with van der Waals surface area (Å²) in [5.41, 5.74) is 1.92. The molecule has 3 heterocycles. The fourth-order valence-corrected chi connectivity index (χ4v) is 1.77. The van der Waals surface area contributed by atoms with Gasteiger partial charge in [-0.25, -0.2) is 19.9 Å². The van der Waals surface area contributed by atoms with E-state index in [2.05, 4.69) is 19.9 Å². The molecule has 0 aromatic carbocycles. The highest BCUT2D eigenvalue weighted by Gasteiger charge is 2.04. The van der Waals surface area contributed by atoms with Crippen molar-refractivity contribution in [1.29, 1.82) is 0 Å². The van der Waals surface area contributed by atoms with Crippen molar-refractivity contribution in [1.82, 2.24) is 19.9 Å². The predicted molar refractivity (Wildman–Crippen MR) is 68.3 cm³/mol. The topological polar surface area (TPSA) is 68.6 Å². The maximum Gasteiger partial charge on any atom is 0.281 e. The predicted octanol–water partition coefficient (Wildman–Crippen LogP) is 1.50. The molecule has 0 aliphatic carbocycles. The van der Waals surface area contributed by atoms with Crippen LogP contribution < -0.4 is 5.56 Å². The molecule has 0 saturated carbocycles. The molecule has 0 aliphatic heterocycles. The molecule has 88 valence electrons. The number of pyridine rings is 2. The van der Waals surface area contributed by atoms with Crippen LogP contribution in [0, 0.1) is 0 Å². The van der Waals surface area contributed by atoms with Crippen LogP contribution in [0.1, 0.15) is 12.6 Å². The maximum absolute atomic E-state index is 11.9. The summed E-state index contributed by atoms with van der Waals surface area (Å²) in [5.74, 6) is 0. The van der Waals surface area contributed by atoms with Crippen molar-refractivity contribution in [2.45, 2.75) is 13.3 Å². The van der Waals surface area contributed by atoms with Crippen molar-refractivity contribution in [3.63, 3.8) is 0 Å². The summed E-state index contributed by atoms with van der Waals surface area (Å²) in [5, 5.41) is 0.411. The lowest BCUT2D eigenvalue weighted by atomic mass is 10.3. The second-order valence-corrected chi connectivity index (χ2v) is 3.90. The first-order chi connectivity index (χ1) is 8.78. The van der Waals surface area contributed by atoms with Gasteiger partial charge in [-0.2, -0.15) is 0 Å². The van der Waals surface area contributed by atoms with E-state index >= 15 is 0 Å². The highest BCUT2D eigenvalue weighted by atomic mass is 16.1. The molecule has 0 atom stereocenters. The Balaban J connectivity index is 2.52. The summed E-state index contributed by atoms with van der Waals surface area (Å²) in [6.45, 7) is 2.01. The molecule has 0 bridgehead atoms. The Hall–Kier alpha value is -2.43. The SMILES string of the molecule is CCc1ccc2nc(=O)c3cccnc3nc2n1. The van der Waals surface area contributed by atoms with E-state index in [0.29, 0.717) is 22.2 Å². The maximum atomic E-state index is 11.9. The Kier molecular flexibility index (Phi) is 2.44. The Labute approximate surface area is 103 Å². The molecule has 0 radical (unpaired) electrons. The second kappa shape index (κ2) is 4.10. The van der Waals surface area contributed by atoms with E-state index in [0.717, 1.165) is 12.1 Å². The van der Waals surface area contributed by atoms with Gasteiger partial charge in [0.15, 0.2) is 11.3 Å². The average Bonchev–Trinajstić information content (AvgIpc) is 2.54. The van der Waals surface area contributed by atoms with Crippen LogP contribution in [0.15, 0.2) is 35.3 Å². The number of hydrogen-bond donors (Lipinski definition) is 0. The molecule has 0 amide bonds. The van der Waals surface area contributed by atoms with Crippen molar-refractivity contribution >= 4 is 22.2 Å². The number of aromatic nitrogens is 4. The van der Waals surface area contributed by atoms with Gasteiger partial charge in [0.2, 0.25) is 0 Å². The Morgan fingerprint density at radius 1 is 1.06 bits per heavy atom. The molecular formula is C13H10N4O. The van der Waals surface area contributed by atoms with E-state index in [9.17, 15) is 4.79 Å². The summed E-state index contributed by atoms with van der Waals surface area (Å²) < 4.78 is 0. The van der Waals surface area contributed by atoms with Crippen molar-refractivity contribution in [3.05, 3.63) is 46.5 Å². The Morgan fingerprint density at radius 2 is 1.94 bits per heavy atom. The molecule has 5 nitrogen and oxygen atoms in total. The first-order valence-corrected chi connectivity index (χ1v) is 5.70. The largest absolute Gasteiger partial charge is 0.281 e. The zero-order chi connectivity index (χ0) is 12.5. The molecule has 5 heteroatoms. The number of hydrogen-bond acceptors (Lipinski definition) is 5. The standard InChI is InChI=1S/C13H10N4O/c1-2-8-5-6-10-12(15-8)17-11-9(13(18)16-10)4-3-7-14-11/h3-7H,2H2,1H3. The van der Waals surface area contributed by atoms with Crippen LogP contribution >= 0.6 is 0 Å². The van der Waals surface area contributed by atoms with Crippen molar-refractivity contribution in [2.75, 3.05) is 0 Å². The lowest BCUT2D eigenvalue weighted by Crippen LogP contribution is -2.02. The van der Waals surface area contributed by atoms with Crippen LogP contribution in [-0.2, 0) is 6.42 Å². The Bertz CT molecular complexity index is 801.